The maximum absolute atomic E-state index is 11.3. The van der Waals surface area contributed by atoms with Crippen molar-refractivity contribution in [3.05, 3.63) is 24.5 Å². The molecule has 16 heavy (non-hydrogen) atoms. The average Bonchev–Trinajstić information content (AvgIpc) is 2.74. The van der Waals surface area contributed by atoms with E-state index in [-0.39, 0.29) is 11.8 Å². The Hall–Kier alpha value is -1.78. The minimum absolute atomic E-state index is 0.000878. The third-order valence-corrected chi connectivity index (χ3v) is 2.08. The van der Waals surface area contributed by atoms with Gasteiger partial charge >= 0.3 is 0 Å². The molecule has 0 aromatic carbocycles. The number of carbonyl (C=O) groups excluding carboxylic acids is 2. The zero-order valence-electron chi connectivity index (χ0n) is 9.40. The summed E-state index contributed by atoms with van der Waals surface area (Å²) < 4.78 is 1.95. The molecule has 2 amide bonds. The van der Waals surface area contributed by atoms with E-state index in [0.29, 0.717) is 26.1 Å². The third-order valence-electron chi connectivity index (χ3n) is 2.08. The number of amides is 2. The first-order valence-corrected chi connectivity index (χ1v) is 5.30. The number of nitrogens with one attached hydrogen (secondary N) is 2. The summed E-state index contributed by atoms with van der Waals surface area (Å²) in [6, 6.07) is 3.85. The Morgan fingerprint density at radius 2 is 1.75 bits per heavy atom. The van der Waals surface area contributed by atoms with Gasteiger partial charge in [0.1, 0.15) is 0 Å². The monoisotopic (exact) mass is 223 g/mol. The molecule has 0 aliphatic carbocycles. The van der Waals surface area contributed by atoms with Crippen molar-refractivity contribution < 1.29 is 9.59 Å². The topological polar surface area (TPSA) is 63.1 Å². The summed E-state index contributed by atoms with van der Waals surface area (Å²) >= 11 is 0. The molecule has 1 aromatic rings. The van der Waals surface area contributed by atoms with Crippen molar-refractivity contribution in [3.63, 3.8) is 0 Å². The van der Waals surface area contributed by atoms with Crippen molar-refractivity contribution in [3.8, 4) is 0 Å². The molecule has 0 spiro atoms. The highest BCUT2D eigenvalue weighted by molar-refractivity contribution is 5.76. The van der Waals surface area contributed by atoms with Gasteiger partial charge in [0.15, 0.2) is 0 Å². The van der Waals surface area contributed by atoms with Gasteiger partial charge in [-0.25, -0.2) is 0 Å². The highest BCUT2D eigenvalue weighted by Crippen LogP contribution is 1.92. The van der Waals surface area contributed by atoms with Crippen LogP contribution in [0.3, 0.4) is 0 Å². The molecule has 0 bridgehead atoms. The lowest BCUT2D eigenvalue weighted by Gasteiger charge is -2.06. The van der Waals surface area contributed by atoms with Crippen LogP contribution in [0.4, 0.5) is 0 Å². The average molecular weight is 223 g/mol. The molecule has 1 rings (SSSR count). The van der Waals surface area contributed by atoms with Gasteiger partial charge in [0, 0.05) is 45.4 Å². The Bertz CT molecular complexity index is 333. The maximum Gasteiger partial charge on any atom is 0.221 e. The van der Waals surface area contributed by atoms with Crippen LogP contribution in [-0.2, 0) is 16.1 Å². The van der Waals surface area contributed by atoms with E-state index in [4.69, 9.17) is 0 Å². The first-order chi connectivity index (χ1) is 7.68. The van der Waals surface area contributed by atoms with Gasteiger partial charge < -0.3 is 15.2 Å². The number of rotatable bonds is 6. The summed E-state index contributed by atoms with van der Waals surface area (Å²) in [6.07, 6.45) is 4.30. The van der Waals surface area contributed by atoms with E-state index in [1.165, 1.54) is 6.92 Å². The fraction of sp³-hybridized carbons (Fsp3) is 0.455. The molecule has 0 saturated heterocycles. The van der Waals surface area contributed by atoms with Crippen LogP contribution in [0.1, 0.15) is 13.3 Å². The standard InChI is InChI=1S/C11H17N3O2/c1-10(15)12-5-6-13-11(16)4-9-14-7-2-3-8-14/h2-3,7-8H,4-6,9H2,1H3,(H,12,15)(H,13,16). The SMILES string of the molecule is CC(=O)NCCNC(=O)CCn1cccc1. The molecule has 0 radical (unpaired) electrons. The lowest BCUT2D eigenvalue weighted by Crippen LogP contribution is -2.33. The Kier molecular flexibility index (Phi) is 5.11. The molecule has 0 saturated carbocycles. The lowest BCUT2D eigenvalue weighted by atomic mass is 10.4. The molecule has 0 aliphatic rings. The zero-order chi connectivity index (χ0) is 11.8. The van der Waals surface area contributed by atoms with Crippen LogP contribution in [0, 0.1) is 0 Å². The predicted molar refractivity (Wildman–Crippen MR) is 60.7 cm³/mol. The van der Waals surface area contributed by atoms with Gasteiger partial charge in [0.05, 0.1) is 0 Å². The van der Waals surface area contributed by atoms with Crippen LogP contribution >= 0.6 is 0 Å². The second kappa shape index (κ2) is 6.66. The summed E-state index contributed by atoms with van der Waals surface area (Å²) in [4.78, 5) is 21.9. The molecule has 88 valence electrons. The Morgan fingerprint density at radius 3 is 2.38 bits per heavy atom. The first kappa shape index (κ1) is 12.3. The number of hydrogen-bond acceptors (Lipinski definition) is 2. The largest absolute Gasteiger partial charge is 0.355 e. The Balaban J connectivity index is 2.05. The van der Waals surface area contributed by atoms with Crippen LogP contribution in [0.25, 0.3) is 0 Å². The van der Waals surface area contributed by atoms with Gasteiger partial charge in [-0.05, 0) is 12.1 Å². The molecule has 5 heteroatoms. The summed E-state index contributed by atoms with van der Waals surface area (Å²) in [7, 11) is 0. The molecule has 0 aliphatic heterocycles. The summed E-state index contributed by atoms with van der Waals surface area (Å²) in [6.45, 7) is 3.08. The van der Waals surface area contributed by atoms with Crippen LogP contribution in [-0.4, -0.2) is 29.5 Å². The van der Waals surface area contributed by atoms with E-state index in [2.05, 4.69) is 10.6 Å². The van der Waals surface area contributed by atoms with Crippen molar-refractivity contribution in [2.24, 2.45) is 0 Å². The van der Waals surface area contributed by atoms with Gasteiger partial charge in [-0.1, -0.05) is 0 Å². The van der Waals surface area contributed by atoms with Gasteiger partial charge in [0.25, 0.3) is 0 Å². The van der Waals surface area contributed by atoms with E-state index in [0.717, 1.165) is 0 Å². The second-order valence-corrected chi connectivity index (χ2v) is 3.50. The summed E-state index contributed by atoms with van der Waals surface area (Å²) in [5.74, 6) is -0.0827. The van der Waals surface area contributed by atoms with Gasteiger partial charge in [-0.2, -0.15) is 0 Å². The number of hydrogen-bond donors (Lipinski definition) is 2. The van der Waals surface area contributed by atoms with Crippen molar-refractivity contribution in [2.75, 3.05) is 13.1 Å². The zero-order valence-corrected chi connectivity index (χ0v) is 9.40. The lowest BCUT2D eigenvalue weighted by molar-refractivity contribution is -0.122. The van der Waals surface area contributed by atoms with Crippen molar-refractivity contribution >= 4 is 11.8 Å². The van der Waals surface area contributed by atoms with Gasteiger partial charge in [-0.15, -0.1) is 0 Å². The number of aryl methyl sites for hydroxylation is 1. The van der Waals surface area contributed by atoms with E-state index >= 15 is 0 Å². The summed E-state index contributed by atoms with van der Waals surface area (Å²) in [5.41, 5.74) is 0. The number of carbonyl (C=O) groups is 2. The molecule has 0 atom stereocenters. The highest BCUT2D eigenvalue weighted by Gasteiger charge is 2.00. The summed E-state index contributed by atoms with van der Waals surface area (Å²) in [5, 5.41) is 5.35. The maximum atomic E-state index is 11.3. The first-order valence-electron chi connectivity index (χ1n) is 5.30. The third kappa shape index (κ3) is 5.19. The van der Waals surface area contributed by atoms with Crippen molar-refractivity contribution in [1.29, 1.82) is 0 Å². The highest BCUT2D eigenvalue weighted by atomic mass is 16.2. The smallest absolute Gasteiger partial charge is 0.221 e. The van der Waals surface area contributed by atoms with Gasteiger partial charge in [0.2, 0.25) is 11.8 Å². The van der Waals surface area contributed by atoms with E-state index in [1.54, 1.807) is 0 Å². The Morgan fingerprint density at radius 1 is 1.12 bits per heavy atom. The predicted octanol–water partition coefficient (Wildman–Crippen LogP) is 0.131. The molecular formula is C11H17N3O2. The van der Waals surface area contributed by atoms with Crippen LogP contribution in [0.5, 0.6) is 0 Å². The second-order valence-electron chi connectivity index (χ2n) is 3.50. The fourth-order valence-electron chi connectivity index (χ4n) is 1.28. The van der Waals surface area contributed by atoms with Crippen LogP contribution < -0.4 is 10.6 Å². The van der Waals surface area contributed by atoms with Crippen LogP contribution in [0.2, 0.25) is 0 Å². The normalized spacial score (nSPS) is 9.81. The quantitative estimate of drug-likeness (QED) is 0.673. The fourth-order valence-corrected chi connectivity index (χ4v) is 1.28. The van der Waals surface area contributed by atoms with Crippen LogP contribution in [0.15, 0.2) is 24.5 Å². The molecular weight excluding hydrogens is 206 g/mol. The van der Waals surface area contributed by atoms with Gasteiger partial charge in [-0.3, -0.25) is 9.59 Å². The Labute approximate surface area is 94.8 Å². The minimum atomic E-state index is -0.0819. The number of aromatic nitrogens is 1. The van der Waals surface area contributed by atoms with E-state index < -0.39 is 0 Å². The molecule has 1 aromatic heterocycles. The molecule has 1 heterocycles. The van der Waals surface area contributed by atoms with Crippen molar-refractivity contribution in [1.82, 2.24) is 15.2 Å². The molecule has 2 N–H and O–H groups in total. The molecule has 0 unspecified atom stereocenters. The van der Waals surface area contributed by atoms with E-state index in [1.807, 2.05) is 29.1 Å². The number of nitrogens with zero attached hydrogens (tertiary/aromatic N) is 1. The van der Waals surface area contributed by atoms with Crippen molar-refractivity contribution in [2.45, 2.75) is 19.9 Å². The molecule has 5 nitrogen and oxygen atoms in total. The molecule has 0 fully saturated rings. The van der Waals surface area contributed by atoms with E-state index in [9.17, 15) is 9.59 Å². The minimum Gasteiger partial charge on any atom is -0.355 e.